The second kappa shape index (κ2) is 26.2. The molecule has 0 amide bonds. The zero-order valence-corrected chi connectivity index (χ0v) is 30.9. The van der Waals surface area contributed by atoms with E-state index < -0.39 is 10.4 Å². The van der Waals surface area contributed by atoms with Crippen molar-refractivity contribution < 1.29 is 23.0 Å². The zero-order valence-electron chi connectivity index (χ0n) is 30.1. The third kappa shape index (κ3) is 19.8. The Hall–Kier alpha value is -1.81. The van der Waals surface area contributed by atoms with E-state index in [1.54, 1.807) is 0 Å². The molecule has 268 valence electrons. The summed E-state index contributed by atoms with van der Waals surface area (Å²) >= 11 is 0. The van der Waals surface area contributed by atoms with Gasteiger partial charge in [0.25, 0.3) is 0 Å². The summed E-state index contributed by atoms with van der Waals surface area (Å²) in [6, 6.07) is 17.7. The van der Waals surface area contributed by atoms with E-state index in [1.165, 1.54) is 112 Å². The van der Waals surface area contributed by atoms with Crippen molar-refractivity contribution in [1.82, 2.24) is 0 Å². The molecule has 0 fully saturated rings. The number of nitrogens with two attached hydrogens (primary N) is 2. The summed E-state index contributed by atoms with van der Waals surface area (Å²) in [5.41, 5.74) is 19.3. The molecule has 0 aromatic heterocycles. The number of rotatable bonds is 20. The van der Waals surface area contributed by atoms with Crippen molar-refractivity contribution in [2.24, 2.45) is 11.5 Å². The Labute approximate surface area is 283 Å². The normalized spacial score (nSPS) is 11.5. The Balaban J connectivity index is 0. The van der Waals surface area contributed by atoms with Crippen LogP contribution in [0.25, 0.3) is 0 Å². The molecule has 0 aliphatic heterocycles. The van der Waals surface area contributed by atoms with Crippen molar-refractivity contribution in [3.63, 3.8) is 0 Å². The first-order chi connectivity index (χ1) is 21.4. The lowest BCUT2D eigenvalue weighted by molar-refractivity contribution is 0.351. The quantitative estimate of drug-likeness (QED) is 0.103. The first-order valence-electron chi connectivity index (χ1n) is 17.8. The molecule has 0 aliphatic rings. The van der Waals surface area contributed by atoms with Gasteiger partial charge in [-0.2, -0.15) is 8.42 Å². The van der Waals surface area contributed by atoms with E-state index in [2.05, 4.69) is 90.1 Å². The average molecular weight is 667 g/mol. The highest BCUT2D eigenvalue weighted by Gasteiger charge is 2.29. The highest BCUT2D eigenvalue weighted by molar-refractivity contribution is 7.79. The van der Waals surface area contributed by atoms with Gasteiger partial charge in [-0.15, -0.1) is 0 Å². The van der Waals surface area contributed by atoms with Crippen molar-refractivity contribution >= 4 is 10.4 Å². The van der Waals surface area contributed by atoms with Crippen LogP contribution in [0.5, 0.6) is 0 Å². The first kappa shape index (κ1) is 46.3. The van der Waals surface area contributed by atoms with Crippen molar-refractivity contribution in [3.8, 4) is 0 Å². The molecule has 0 aliphatic carbocycles. The number of aryl methyl sites for hydroxylation is 2. The van der Waals surface area contributed by atoms with E-state index in [9.17, 15) is 0 Å². The summed E-state index contributed by atoms with van der Waals surface area (Å²) in [6.07, 6.45) is 21.6. The predicted octanol–water partition coefficient (Wildman–Crippen LogP) is 9.65. The third-order valence-corrected chi connectivity index (χ3v) is 8.61. The number of unbranched alkanes of at least 4 members (excludes halogenated alkanes) is 6. The predicted molar refractivity (Wildman–Crippen MR) is 198 cm³/mol. The maximum absolute atomic E-state index is 8.74. The lowest BCUT2D eigenvalue weighted by Gasteiger charge is -2.32. The fraction of sp³-hybridized carbons (Fsp3) is 0.684. The molecule has 0 bridgehead atoms. The van der Waals surface area contributed by atoms with E-state index in [0.717, 1.165) is 25.7 Å². The molecule has 8 heteroatoms. The number of hydrogen-bond acceptors (Lipinski definition) is 4. The fourth-order valence-corrected chi connectivity index (χ4v) is 5.94. The van der Waals surface area contributed by atoms with Crippen LogP contribution in [0.15, 0.2) is 48.5 Å². The molecule has 0 unspecified atom stereocenters. The molecule has 0 saturated carbocycles. The van der Waals surface area contributed by atoms with E-state index in [1.807, 2.05) is 0 Å². The molecular formula is C38H70N2O5S. The van der Waals surface area contributed by atoms with Crippen LogP contribution in [-0.4, -0.2) is 23.0 Å². The average Bonchev–Trinajstić information content (AvgIpc) is 3.02. The van der Waals surface area contributed by atoms with Gasteiger partial charge in [0.2, 0.25) is 0 Å². The Kier molecular flexibility index (Phi) is 26.4. The SMILES string of the molecule is CCCCc1ccccc1C(N)(CCCC)CCCC.CCCCc1ccccc1C(N)(CCCC)CCCC.O.O=S(=O)(O)O. The van der Waals surface area contributed by atoms with Gasteiger partial charge in [0.15, 0.2) is 0 Å². The largest absolute Gasteiger partial charge is 0.412 e. The van der Waals surface area contributed by atoms with Crippen LogP contribution in [0.2, 0.25) is 0 Å². The molecule has 7 nitrogen and oxygen atoms in total. The molecule has 0 saturated heterocycles. The van der Waals surface area contributed by atoms with E-state index in [0.29, 0.717) is 0 Å². The van der Waals surface area contributed by atoms with Crippen LogP contribution in [0.1, 0.15) is 167 Å². The van der Waals surface area contributed by atoms with Gasteiger partial charge in [-0.25, -0.2) is 0 Å². The van der Waals surface area contributed by atoms with Gasteiger partial charge in [-0.3, -0.25) is 9.11 Å². The third-order valence-electron chi connectivity index (χ3n) is 8.61. The van der Waals surface area contributed by atoms with Crippen LogP contribution in [0.4, 0.5) is 0 Å². The van der Waals surface area contributed by atoms with Gasteiger partial charge in [0, 0.05) is 11.1 Å². The summed E-state index contributed by atoms with van der Waals surface area (Å²) < 4.78 is 31.6. The number of hydrogen-bond donors (Lipinski definition) is 4. The van der Waals surface area contributed by atoms with Gasteiger partial charge in [0.1, 0.15) is 0 Å². The molecule has 0 radical (unpaired) electrons. The van der Waals surface area contributed by atoms with Crippen molar-refractivity contribution in [2.45, 2.75) is 168 Å². The first-order valence-corrected chi connectivity index (χ1v) is 19.2. The fourth-order valence-electron chi connectivity index (χ4n) is 5.94. The molecule has 2 aromatic carbocycles. The smallest absolute Gasteiger partial charge is 0.394 e. The minimum absolute atomic E-state index is 0. The van der Waals surface area contributed by atoms with Crippen LogP contribution < -0.4 is 11.5 Å². The molecule has 2 rings (SSSR count). The van der Waals surface area contributed by atoms with Crippen LogP contribution in [-0.2, 0) is 34.3 Å². The Morgan fingerprint density at radius 1 is 0.522 bits per heavy atom. The summed E-state index contributed by atoms with van der Waals surface area (Å²) in [5.74, 6) is 0. The van der Waals surface area contributed by atoms with E-state index >= 15 is 0 Å². The van der Waals surface area contributed by atoms with Crippen molar-refractivity contribution in [1.29, 1.82) is 0 Å². The summed E-state index contributed by atoms with van der Waals surface area (Å²) in [4.78, 5) is 0. The molecule has 0 spiro atoms. The Morgan fingerprint density at radius 3 is 1.00 bits per heavy atom. The second-order valence-corrected chi connectivity index (χ2v) is 13.6. The maximum Gasteiger partial charge on any atom is 0.394 e. The van der Waals surface area contributed by atoms with Gasteiger partial charge < -0.3 is 16.9 Å². The molecule has 2 aromatic rings. The summed E-state index contributed by atoms with van der Waals surface area (Å²) in [5, 5.41) is 0. The maximum atomic E-state index is 8.74. The molecule has 46 heavy (non-hydrogen) atoms. The molecule has 0 heterocycles. The monoisotopic (exact) mass is 667 g/mol. The topological polar surface area (TPSA) is 158 Å². The standard InChI is InChI=1S/2C19H33N.H2O4S.H2O/c2*1-4-7-12-17-13-10-11-14-18(17)19(20,15-8-5-2)16-9-6-3;1-5(2,3)4;/h2*10-11,13-14H,4-9,12,15-16,20H2,1-3H3;(H2,1,2,3,4);1H2. The van der Waals surface area contributed by atoms with E-state index in [4.69, 9.17) is 29.0 Å². The van der Waals surface area contributed by atoms with Gasteiger partial charge in [0.05, 0.1) is 0 Å². The van der Waals surface area contributed by atoms with Crippen molar-refractivity contribution in [3.05, 3.63) is 70.8 Å². The lowest BCUT2D eigenvalue weighted by Crippen LogP contribution is -2.37. The Bertz CT molecular complexity index is 1030. The van der Waals surface area contributed by atoms with Crippen LogP contribution in [0.3, 0.4) is 0 Å². The van der Waals surface area contributed by atoms with Gasteiger partial charge >= 0.3 is 10.4 Å². The highest BCUT2D eigenvalue weighted by Crippen LogP contribution is 2.34. The van der Waals surface area contributed by atoms with Gasteiger partial charge in [-0.05, 0) is 73.6 Å². The second-order valence-electron chi connectivity index (χ2n) is 12.7. The number of benzene rings is 2. The van der Waals surface area contributed by atoms with Crippen LogP contribution >= 0.6 is 0 Å². The van der Waals surface area contributed by atoms with Crippen LogP contribution in [0, 0.1) is 0 Å². The van der Waals surface area contributed by atoms with Crippen molar-refractivity contribution in [2.75, 3.05) is 0 Å². The molecule has 0 atom stereocenters. The van der Waals surface area contributed by atoms with Gasteiger partial charge in [-0.1, -0.05) is 154 Å². The summed E-state index contributed by atoms with van der Waals surface area (Å²) in [7, 11) is -4.67. The zero-order chi connectivity index (χ0) is 34.2. The summed E-state index contributed by atoms with van der Waals surface area (Å²) in [6.45, 7) is 13.5. The Morgan fingerprint density at radius 2 is 0.761 bits per heavy atom. The molecule has 8 N–H and O–H groups in total. The minimum atomic E-state index is -4.67. The minimum Gasteiger partial charge on any atom is -0.412 e. The lowest BCUT2D eigenvalue weighted by atomic mass is 9.78. The highest BCUT2D eigenvalue weighted by atomic mass is 32.3. The molecular weight excluding hydrogens is 596 g/mol. The van der Waals surface area contributed by atoms with E-state index in [-0.39, 0.29) is 16.6 Å².